The maximum atomic E-state index is 12.0. The predicted molar refractivity (Wildman–Crippen MR) is 88.0 cm³/mol. The number of carbonyl (C=O) groups is 1. The Kier molecular flexibility index (Phi) is 5.66. The van der Waals surface area contributed by atoms with Gasteiger partial charge in [0.2, 0.25) is 5.91 Å². The van der Waals surface area contributed by atoms with Crippen LogP contribution in [0.3, 0.4) is 0 Å². The van der Waals surface area contributed by atoms with Gasteiger partial charge in [0, 0.05) is 16.6 Å². The van der Waals surface area contributed by atoms with Crippen LogP contribution in [-0.2, 0) is 11.2 Å². The lowest BCUT2D eigenvalue weighted by atomic mass is 10.0. The summed E-state index contributed by atoms with van der Waals surface area (Å²) in [7, 11) is 0. The number of rotatable bonds is 5. The molecule has 1 atom stereocenters. The third kappa shape index (κ3) is 4.76. The van der Waals surface area contributed by atoms with E-state index in [1.54, 1.807) is 18.2 Å². The first kappa shape index (κ1) is 15.9. The molecule has 0 saturated carbocycles. The Bertz CT molecular complexity index is 613. The molecule has 0 saturated heterocycles. The highest BCUT2D eigenvalue weighted by Crippen LogP contribution is 2.21. The molecule has 0 aliphatic rings. The molecule has 2 nitrogen and oxygen atoms in total. The van der Waals surface area contributed by atoms with Crippen LogP contribution in [0.5, 0.6) is 0 Å². The van der Waals surface area contributed by atoms with E-state index in [9.17, 15) is 4.79 Å². The summed E-state index contributed by atoms with van der Waals surface area (Å²) in [4.78, 5) is 12.0. The van der Waals surface area contributed by atoms with Gasteiger partial charge in [-0.2, -0.15) is 0 Å². The zero-order chi connectivity index (χ0) is 15.2. The summed E-state index contributed by atoms with van der Waals surface area (Å²) >= 11 is 11.9. The monoisotopic (exact) mass is 321 g/mol. The number of halogens is 2. The molecular formula is C17H17Cl2NO. The fourth-order valence-electron chi connectivity index (χ4n) is 2.07. The number of nitrogens with one attached hydrogen (secondary N) is 1. The standard InChI is InChI=1S/C17H17Cl2NO/c1-12(13-5-3-2-4-6-13)11-20-17(21)9-14-7-8-15(18)10-16(14)19/h2-8,10,12H,9,11H2,1H3,(H,20,21)/t12-/m0/s1. The molecule has 0 aliphatic heterocycles. The molecule has 2 rings (SSSR count). The molecule has 2 aromatic carbocycles. The normalized spacial score (nSPS) is 12.0. The Hall–Kier alpha value is -1.51. The van der Waals surface area contributed by atoms with E-state index in [1.165, 1.54) is 5.56 Å². The van der Waals surface area contributed by atoms with Crippen LogP contribution < -0.4 is 5.32 Å². The van der Waals surface area contributed by atoms with Gasteiger partial charge in [0.25, 0.3) is 0 Å². The molecule has 0 bridgehead atoms. The first-order valence-corrected chi connectivity index (χ1v) is 7.57. The van der Waals surface area contributed by atoms with Crippen LogP contribution in [0, 0.1) is 0 Å². The van der Waals surface area contributed by atoms with Crippen molar-refractivity contribution in [1.82, 2.24) is 5.32 Å². The molecule has 0 aliphatic carbocycles. The van der Waals surface area contributed by atoms with Gasteiger partial charge >= 0.3 is 0 Å². The van der Waals surface area contributed by atoms with Crippen LogP contribution in [0.25, 0.3) is 0 Å². The molecule has 0 spiro atoms. The van der Waals surface area contributed by atoms with E-state index in [1.807, 2.05) is 18.2 Å². The fourth-order valence-corrected chi connectivity index (χ4v) is 2.54. The molecule has 110 valence electrons. The van der Waals surface area contributed by atoms with Gasteiger partial charge in [-0.1, -0.05) is 66.5 Å². The third-order valence-electron chi connectivity index (χ3n) is 3.34. The van der Waals surface area contributed by atoms with Gasteiger partial charge in [-0.25, -0.2) is 0 Å². The summed E-state index contributed by atoms with van der Waals surface area (Å²) in [5, 5.41) is 4.03. The second-order valence-corrected chi connectivity index (χ2v) is 5.87. The molecule has 21 heavy (non-hydrogen) atoms. The number of benzene rings is 2. The van der Waals surface area contributed by atoms with E-state index in [4.69, 9.17) is 23.2 Å². The van der Waals surface area contributed by atoms with Crippen LogP contribution in [0.4, 0.5) is 0 Å². The maximum absolute atomic E-state index is 12.0. The van der Waals surface area contributed by atoms with E-state index in [2.05, 4.69) is 24.4 Å². The highest BCUT2D eigenvalue weighted by Gasteiger charge is 2.10. The highest BCUT2D eigenvalue weighted by molar-refractivity contribution is 6.35. The topological polar surface area (TPSA) is 29.1 Å². The second-order valence-electron chi connectivity index (χ2n) is 5.03. The quantitative estimate of drug-likeness (QED) is 0.865. The minimum absolute atomic E-state index is 0.0398. The average molecular weight is 322 g/mol. The maximum Gasteiger partial charge on any atom is 0.224 e. The molecule has 0 heterocycles. The van der Waals surface area contributed by atoms with Crippen molar-refractivity contribution in [3.05, 3.63) is 69.7 Å². The zero-order valence-electron chi connectivity index (χ0n) is 11.8. The average Bonchev–Trinajstić information content (AvgIpc) is 2.48. The highest BCUT2D eigenvalue weighted by atomic mass is 35.5. The Morgan fingerprint density at radius 2 is 1.86 bits per heavy atom. The summed E-state index contributed by atoms with van der Waals surface area (Å²) in [6, 6.07) is 15.3. The summed E-state index contributed by atoms with van der Waals surface area (Å²) in [5.74, 6) is 0.234. The number of hydrogen-bond donors (Lipinski definition) is 1. The van der Waals surface area contributed by atoms with Gasteiger partial charge in [0.05, 0.1) is 6.42 Å². The Labute approximate surface area is 135 Å². The lowest BCUT2D eigenvalue weighted by Crippen LogP contribution is -2.28. The summed E-state index contributed by atoms with van der Waals surface area (Å²) < 4.78 is 0. The molecule has 0 aromatic heterocycles. The van der Waals surface area contributed by atoms with Crippen LogP contribution >= 0.6 is 23.2 Å². The smallest absolute Gasteiger partial charge is 0.224 e. The summed E-state index contributed by atoms with van der Waals surface area (Å²) in [6.45, 7) is 2.69. The molecule has 2 aromatic rings. The van der Waals surface area contributed by atoms with Crippen molar-refractivity contribution in [2.45, 2.75) is 19.3 Å². The Morgan fingerprint density at radius 1 is 1.14 bits per heavy atom. The van der Waals surface area contributed by atoms with Crippen molar-refractivity contribution < 1.29 is 4.79 Å². The predicted octanol–water partition coefficient (Wildman–Crippen LogP) is 4.46. The van der Waals surface area contributed by atoms with Crippen molar-refractivity contribution in [2.75, 3.05) is 6.54 Å². The Morgan fingerprint density at radius 3 is 2.52 bits per heavy atom. The van der Waals surface area contributed by atoms with Crippen molar-refractivity contribution in [3.8, 4) is 0 Å². The van der Waals surface area contributed by atoms with Gasteiger partial charge < -0.3 is 5.32 Å². The number of carbonyl (C=O) groups excluding carboxylic acids is 1. The summed E-state index contributed by atoms with van der Waals surface area (Å²) in [5.41, 5.74) is 1.99. The van der Waals surface area contributed by atoms with Gasteiger partial charge in [0.15, 0.2) is 0 Å². The number of hydrogen-bond acceptors (Lipinski definition) is 1. The minimum atomic E-state index is -0.0398. The van der Waals surface area contributed by atoms with Crippen LogP contribution in [0.1, 0.15) is 24.0 Å². The van der Waals surface area contributed by atoms with E-state index < -0.39 is 0 Å². The third-order valence-corrected chi connectivity index (χ3v) is 3.93. The Balaban J connectivity index is 1.87. The fraction of sp³-hybridized carbons (Fsp3) is 0.235. The minimum Gasteiger partial charge on any atom is -0.355 e. The SMILES string of the molecule is C[C@@H](CNC(=O)Cc1ccc(Cl)cc1Cl)c1ccccc1. The van der Waals surface area contributed by atoms with Gasteiger partial charge in [-0.05, 0) is 29.2 Å². The van der Waals surface area contributed by atoms with E-state index in [-0.39, 0.29) is 18.2 Å². The van der Waals surface area contributed by atoms with E-state index in [0.717, 1.165) is 5.56 Å². The second kappa shape index (κ2) is 7.48. The lowest BCUT2D eigenvalue weighted by Gasteiger charge is -2.13. The van der Waals surface area contributed by atoms with Crippen molar-refractivity contribution in [3.63, 3.8) is 0 Å². The molecule has 4 heteroatoms. The molecular weight excluding hydrogens is 305 g/mol. The molecule has 1 amide bonds. The first-order valence-electron chi connectivity index (χ1n) is 6.82. The van der Waals surface area contributed by atoms with E-state index >= 15 is 0 Å². The van der Waals surface area contributed by atoms with Crippen LogP contribution in [-0.4, -0.2) is 12.5 Å². The molecule has 0 unspecified atom stereocenters. The van der Waals surface area contributed by atoms with Crippen LogP contribution in [0.15, 0.2) is 48.5 Å². The van der Waals surface area contributed by atoms with Gasteiger partial charge in [0.1, 0.15) is 0 Å². The van der Waals surface area contributed by atoms with Crippen molar-refractivity contribution in [1.29, 1.82) is 0 Å². The van der Waals surface area contributed by atoms with Crippen molar-refractivity contribution >= 4 is 29.1 Å². The summed E-state index contributed by atoms with van der Waals surface area (Å²) in [6.07, 6.45) is 0.261. The van der Waals surface area contributed by atoms with Crippen molar-refractivity contribution in [2.24, 2.45) is 0 Å². The van der Waals surface area contributed by atoms with Gasteiger partial charge in [-0.3, -0.25) is 4.79 Å². The van der Waals surface area contributed by atoms with Crippen LogP contribution in [0.2, 0.25) is 10.0 Å². The largest absolute Gasteiger partial charge is 0.355 e. The molecule has 0 fully saturated rings. The lowest BCUT2D eigenvalue weighted by molar-refractivity contribution is -0.120. The molecule has 1 N–H and O–H groups in total. The first-order chi connectivity index (χ1) is 10.1. The van der Waals surface area contributed by atoms with E-state index in [0.29, 0.717) is 16.6 Å². The van der Waals surface area contributed by atoms with Gasteiger partial charge in [-0.15, -0.1) is 0 Å². The molecule has 0 radical (unpaired) electrons. The zero-order valence-corrected chi connectivity index (χ0v) is 13.3. The number of amides is 1.